The van der Waals surface area contributed by atoms with E-state index in [1.54, 1.807) is 12.1 Å². The van der Waals surface area contributed by atoms with Gasteiger partial charge in [-0.1, -0.05) is 55.8 Å². The molecule has 1 aromatic carbocycles. The number of aromatic amines is 1. The monoisotopic (exact) mass is 251 g/mol. The van der Waals surface area contributed by atoms with Crippen molar-refractivity contribution >= 4 is 11.6 Å². The Morgan fingerprint density at radius 2 is 1.76 bits per heavy atom. The number of nitrogens with one attached hydrogen (secondary N) is 1. The van der Waals surface area contributed by atoms with Gasteiger partial charge in [-0.15, -0.1) is 0 Å². The van der Waals surface area contributed by atoms with Crippen LogP contribution in [0.3, 0.4) is 0 Å². The quantitative estimate of drug-likeness (QED) is 0.763. The highest BCUT2D eigenvalue weighted by molar-refractivity contribution is 6.32. The molecule has 0 atom stereocenters. The molecule has 0 radical (unpaired) electrons. The van der Waals surface area contributed by atoms with Crippen LogP contribution in [0.25, 0.3) is 11.1 Å². The number of benzene rings is 1. The Kier molecular flexibility index (Phi) is 4.79. The van der Waals surface area contributed by atoms with Crippen molar-refractivity contribution in [3.63, 3.8) is 0 Å². The lowest BCUT2D eigenvalue weighted by molar-refractivity contribution is 0.476. The number of hydrogen-bond acceptors (Lipinski definition) is 2. The summed E-state index contributed by atoms with van der Waals surface area (Å²) < 4.78 is 0. The second-order valence-electron chi connectivity index (χ2n) is 3.07. The summed E-state index contributed by atoms with van der Waals surface area (Å²) in [5.41, 5.74) is 0.783. The third-order valence-electron chi connectivity index (χ3n) is 2.04. The van der Waals surface area contributed by atoms with Gasteiger partial charge in [0.1, 0.15) is 10.9 Å². The molecule has 0 bridgehead atoms. The van der Waals surface area contributed by atoms with E-state index in [2.05, 4.69) is 4.98 Å². The zero-order valence-electron chi connectivity index (χ0n) is 9.70. The first kappa shape index (κ1) is 13.3. The lowest BCUT2D eigenvalue weighted by Crippen LogP contribution is -2.04. The van der Waals surface area contributed by atoms with E-state index in [-0.39, 0.29) is 10.9 Å². The van der Waals surface area contributed by atoms with E-state index in [4.69, 9.17) is 11.6 Å². The molecule has 0 aliphatic rings. The molecular weight excluding hydrogens is 238 g/mol. The average Bonchev–Trinajstić information content (AvgIpc) is 2.31. The smallest absolute Gasteiger partial charge is 0.252 e. The van der Waals surface area contributed by atoms with Gasteiger partial charge >= 0.3 is 0 Å². The van der Waals surface area contributed by atoms with Crippen LogP contribution < -0.4 is 5.56 Å². The summed E-state index contributed by atoms with van der Waals surface area (Å²) in [6.07, 6.45) is 0. The van der Waals surface area contributed by atoms with Crippen LogP contribution in [-0.2, 0) is 0 Å². The molecule has 0 saturated heterocycles. The van der Waals surface area contributed by atoms with Crippen molar-refractivity contribution in [2.75, 3.05) is 0 Å². The Balaban J connectivity index is 0.000000686. The lowest BCUT2D eigenvalue weighted by Gasteiger charge is -2.05. The molecule has 1 heterocycles. The number of aromatic nitrogens is 1. The Bertz CT molecular complexity index is 509. The van der Waals surface area contributed by atoms with Crippen molar-refractivity contribution in [2.45, 2.75) is 13.8 Å². The molecule has 2 aromatic rings. The number of hydrogen-bond donors (Lipinski definition) is 2. The van der Waals surface area contributed by atoms with Crippen LogP contribution in [0, 0.1) is 0 Å². The molecule has 17 heavy (non-hydrogen) atoms. The van der Waals surface area contributed by atoms with Crippen LogP contribution in [-0.4, -0.2) is 10.1 Å². The Morgan fingerprint density at radius 1 is 1.18 bits per heavy atom. The van der Waals surface area contributed by atoms with E-state index in [1.165, 1.54) is 0 Å². The van der Waals surface area contributed by atoms with Gasteiger partial charge in [0.25, 0.3) is 5.56 Å². The molecule has 0 aliphatic carbocycles. The predicted molar refractivity (Wildman–Crippen MR) is 70.5 cm³/mol. The molecule has 2 N–H and O–H groups in total. The summed E-state index contributed by atoms with van der Waals surface area (Å²) in [6.45, 7) is 4.00. The van der Waals surface area contributed by atoms with Gasteiger partial charge in [0, 0.05) is 6.07 Å². The van der Waals surface area contributed by atoms with Crippen LogP contribution in [0.4, 0.5) is 0 Å². The molecule has 90 valence electrons. The zero-order valence-corrected chi connectivity index (χ0v) is 10.5. The molecule has 0 amide bonds. The summed E-state index contributed by atoms with van der Waals surface area (Å²) in [4.78, 5) is 13.4. The highest BCUT2D eigenvalue weighted by Crippen LogP contribution is 2.32. The Morgan fingerprint density at radius 3 is 2.29 bits per heavy atom. The summed E-state index contributed by atoms with van der Waals surface area (Å²) in [5.74, 6) is -0.116. The molecule has 4 heteroatoms. The lowest BCUT2D eigenvalue weighted by atomic mass is 10.1. The average molecular weight is 252 g/mol. The van der Waals surface area contributed by atoms with Gasteiger partial charge in [-0.25, -0.2) is 0 Å². The van der Waals surface area contributed by atoms with Crippen molar-refractivity contribution in [1.82, 2.24) is 4.98 Å². The topological polar surface area (TPSA) is 53.1 Å². The van der Waals surface area contributed by atoms with Crippen LogP contribution in [0.1, 0.15) is 13.8 Å². The van der Waals surface area contributed by atoms with Crippen molar-refractivity contribution in [3.8, 4) is 16.9 Å². The third kappa shape index (κ3) is 3.11. The van der Waals surface area contributed by atoms with Gasteiger partial charge in [0.15, 0.2) is 0 Å². The van der Waals surface area contributed by atoms with E-state index < -0.39 is 5.56 Å². The van der Waals surface area contributed by atoms with Crippen LogP contribution in [0.5, 0.6) is 5.75 Å². The summed E-state index contributed by atoms with van der Waals surface area (Å²) in [6, 6.07) is 10.2. The normalized spacial score (nSPS) is 9.35. The molecule has 3 nitrogen and oxygen atoms in total. The van der Waals surface area contributed by atoms with Gasteiger partial charge in [-0.3, -0.25) is 4.79 Å². The highest BCUT2D eigenvalue weighted by Gasteiger charge is 2.09. The van der Waals surface area contributed by atoms with Gasteiger partial charge in [-0.05, 0) is 5.56 Å². The maximum absolute atomic E-state index is 11.0. The van der Waals surface area contributed by atoms with Gasteiger partial charge in [0.2, 0.25) is 0 Å². The predicted octanol–water partition coefficient (Wildman–Crippen LogP) is 3.43. The minimum atomic E-state index is -0.419. The van der Waals surface area contributed by atoms with Gasteiger partial charge in [-0.2, -0.15) is 0 Å². The third-order valence-corrected chi connectivity index (χ3v) is 2.32. The maximum Gasteiger partial charge on any atom is 0.252 e. The van der Waals surface area contributed by atoms with Crippen molar-refractivity contribution in [2.24, 2.45) is 0 Å². The largest absolute Gasteiger partial charge is 0.507 e. The summed E-state index contributed by atoms with van der Waals surface area (Å²) in [7, 11) is 0. The molecule has 2 rings (SSSR count). The minimum absolute atomic E-state index is 0.116. The van der Waals surface area contributed by atoms with Crippen molar-refractivity contribution < 1.29 is 5.11 Å². The second kappa shape index (κ2) is 6.11. The van der Waals surface area contributed by atoms with Crippen molar-refractivity contribution in [3.05, 3.63) is 51.9 Å². The van der Waals surface area contributed by atoms with Crippen LogP contribution in [0.15, 0.2) is 41.2 Å². The number of halogens is 1. The molecule has 0 fully saturated rings. The van der Waals surface area contributed by atoms with E-state index in [0.717, 1.165) is 11.6 Å². The van der Waals surface area contributed by atoms with E-state index >= 15 is 0 Å². The maximum atomic E-state index is 11.0. The van der Waals surface area contributed by atoms with E-state index in [0.29, 0.717) is 5.56 Å². The fourth-order valence-electron chi connectivity index (χ4n) is 1.39. The molecular formula is C13H14ClNO2. The number of rotatable bonds is 1. The summed E-state index contributed by atoms with van der Waals surface area (Å²) >= 11 is 5.85. The molecule has 0 spiro atoms. The first-order chi connectivity index (χ1) is 8.18. The molecule has 0 aliphatic heterocycles. The fourth-order valence-corrected chi connectivity index (χ4v) is 1.69. The number of pyridine rings is 1. The minimum Gasteiger partial charge on any atom is -0.507 e. The standard InChI is InChI=1S/C11H8ClNO2.C2H6/c12-11-10(7-4-2-1-3-5-7)8(14)6-9(15)13-11;1-2/h1-6H,(H2,13,14,15);1-2H3. The summed E-state index contributed by atoms with van der Waals surface area (Å²) in [5, 5.41) is 9.77. The number of aromatic hydroxyl groups is 1. The molecule has 0 saturated carbocycles. The number of H-pyrrole nitrogens is 1. The van der Waals surface area contributed by atoms with Crippen LogP contribution >= 0.6 is 11.6 Å². The van der Waals surface area contributed by atoms with E-state index in [1.807, 2.05) is 32.0 Å². The molecule has 0 unspecified atom stereocenters. The van der Waals surface area contributed by atoms with Gasteiger partial charge in [0.05, 0.1) is 5.56 Å². The second-order valence-corrected chi connectivity index (χ2v) is 3.45. The van der Waals surface area contributed by atoms with Crippen LogP contribution in [0.2, 0.25) is 5.15 Å². The first-order valence-corrected chi connectivity index (χ1v) is 5.73. The Labute approximate surface area is 105 Å². The Hall–Kier alpha value is -1.74. The first-order valence-electron chi connectivity index (χ1n) is 5.35. The van der Waals surface area contributed by atoms with Crippen molar-refractivity contribution in [1.29, 1.82) is 0 Å². The fraction of sp³-hybridized carbons (Fsp3) is 0.154. The van der Waals surface area contributed by atoms with E-state index in [9.17, 15) is 9.90 Å². The highest BCUT2D eigenvalue weighted by atomic mass is 35.5. The zero-order chi connectivity index (χ0) is 12.8. The SMILES string of the molecule is CC.O=c1cc(O)c(-c2ccccc2)c(Cl)[nH]1. The molecule has 1 aromatic heterocycles. The van der Waals surface area contributed by atoms with Gasteiger partial charge < -0.3 is 10.1 Å².